The number of thioether (sulfide) groups is 1. The Labute approximate surface area is 108 Å². The summed E-state index contributed by atoms with van der Waals surface area (Å²) in [5.41, 5.74) is 2.66. The highest BCUT2D eigenvalue weighted by Crippen LogP contribution is 2.41. The predicted octanol–water partition coefficient (Wildman–Crippen LogP) is 3.10. The fourth-order valence-electron chi connectivity index (χ4n) is 2.20. The van der Waals surface area contributed by atoms with Crippen molar-refractivity contribution in [3.63, 3.8) is 0 Å². The van der Waals surface area contributed by atoms with Gasteiger partial charge in [0, 0.05) is 18.0 Å². The van der Waals surface area contributed by atoms with Crippen molar-refractivity contribution in [3.05, 3.63) is 23.8 Å². The van der Waals surface area contributed by atoms with Crippen LogP contribution in [0.3, 0.4) is 0 Å². The van der Waals surface area contributed by atoms with Crippen molar-refractivity contribution < 1.29 is 5.11 Å². The zero-order chi connectivity index (χ0) is 12.6. The number of anilines is 1. The van der Waals surface area contributed by atoms with Gasteiger partial charge in [0.1, 0.15) is 0 Å². The molecule has 17 heavy (non-hydrogen) atoms. The van der Waals surface area contributed by atoms with Crippen LogP contribution in [0.15, 0.2) is 23.1 Å². The third-order valence-corrected chi connectivity index (χ3v) is 5.06. The van der Waals surface area contributed by atoms with E-state index in [9.17, 15) is 5.11 Å². The van der Waals surface area contributed by atoms with Gasteiger partial charge in [0.25, 0.3) is 0 Å². The molecule has 0 saturated carbocycles. The second kappa shape index (κ2) is 4.91. The molecule has 2 unspecified atom stereocenters. The monoisotopic (exact) mass is 251 g/mol. The summed E-state index contributed by atoms with van der Waals surface area (Å²) in [6, 6.07) is 7.08. The average molecular weight is 251 g/mol. The summed E-state index contributed by atoms with van der Waals surface area (Å²) in [4.78, 5) is 3.58. The number of aliphatic hydroxyl groups excluding tert-OH is 1. The molecule has 1 aromatic rings. The smallest absolute Gasteiger partial charge is 0.0573 e. The predicted molar refractivity (Wildman–Crippen MR) is 75.1 cm³/mol. The number of hydrogen-bond donors (Lipinski definition) is 1. The molecule has 1 N–H and O–H groups in total. The normalized spacial score (nSPS) is 24.0. The first-order valence-corrected chi connectivity index (χ1v) is 7.07. The van der Waals surface area contributed by atoms with Crippen molar-refractivity contribution in [1.29, 1.82) is 0 Å². The van der Waals surface area contributed by atoms with Crippen molar-refractivity contribution in [3.8, 4) is 0 Å². The van der Waals surface area contributed by atoms with Gasteiger partial charge in [0.2, 0.25) is 0 Å². The Bertz CT molecular complexity index is 405. The van der Waals surface area contributed by atoms with Gasteiger partial charge in [-0.3, -0.25) is 0 Å². The van der Waals surface area contributed by atoms with Crippen LogP contribution in [0.4, 0.5) is 5.69 Å². The van der Waals surface area contributed by atoms with E-state index in [1.807, 2.05) is 11.8 Å². The number of aliphatic hydroxyl groups is 1. The van der Waals surface area contributed by atoms with Crippen LogP contribution in [-0.2, 0) is 0 Å². The largest absolute Gasteiger partial charge is 0.395 e. The van der Waals surface area contributed by atoms with E-state index in [4.69, 9.17) is 0 Å². The van der Waals surface area contributed by atoms with Crippen molar-refractivity contribution >= 4 is 17.4 Å². The minimum atomic E-state index is 0.238. The molecule has 0 aliphatic carbocycles. The van der Waals surface area contributed by atoms with Gasteiger partial charge in [-0.1, -0.05) is 19.9 Å². The standard InChI is InChI=1S/C14H21NOS/c1-9(2)11-5-6-12-13(7-11)17-14(8-16)10(3)15(12)4/h5-7,9-10,14,16H,8H2,1-4H3. The summed E-state index contributed by atoms with van der Waals surface area (Å²) < 4.78 is 0. The molecule has 0 aromatic heterocycles. The number of rotatable bonds is 2. The number of hydrogen-bond acceptors (Lipinski definition) is 3. The topological polar surface area (TPSA) is 23.5 Å². The molecule has 0 amide bonds. The van der Waals surface area contributed by atoms with Gasteiger partial charge in [-0.15, -0.1) is 11.8 Å². The minimum Gasteiger partial charge on any atom is -0.395 e. The van der Waals surface area contributed by atoms with E-state index >= 15 is 0 Å². The molecule has 1 aromatic carbocycles. The SMILES string of the molecule is CC(C)c1ccc2c(c1)SC(CO)C(C)N2C. The Balaban J connectivity index is 2.39. The van der Waals surface area contributed by atoms with Crippen LogP contribution >= 0.6 is 11.8 Å². The van der Waals surface area contributed by atoms with Gasteiger partial charge in [0.15, 0.2) is 0 Å². The molecule has 2 nitrogen and oxygen atoms in total. The summed E-state index contributed by atoms with van der Waals surface area (Å²) in [6.45, 7) is 6.84. The molecular formula is C14H21NOS. The molecule has 0 radical (unpaired) electrons. The second-order valence-electron chi connectivity index (χ2n) is 5.07. The number of fused-ring (bicyclic) bond motifs is 1. The molecule has 1 heterocycles. The van der Waals surface area contributed by atoms with E-state index < -0.39 is 0 Å². The average Bonchev–Trinajstić information content (AvgIpc) is 2.33. The van der Waals surface area contributed by atoms with Gasteiger partial charge in [-0.2, -0.15) is 0 Å². The lowest BCUT2D eigenvalue weighted by molar-refractivity contribution is 0.282. The van der Waals surface area contributed by atoms with Gasteiger partial charge in [0.05, 0.1) is 17.5 Å². The molecule has 2 rings (SSSR count). The highest BCUT2D eigenvalue weighted by molar-refractivity contribution is 8.00. The number of nitrogens with zero attached hydrogens (tertiary/aromatic N) is 1. The van der Waals surface area contributed by atoms with E-state index in [2.05, 4.69) is 50.9 Å². The Morgan fingerprint density at radius 3 is 2.71 bits per heavy atom. The highest BCUT2D eigenvalue weighted by atomic mass is 32.2. The molecule has 94 valence electrons. The molecular weight excluding hydrogens is 230 g/mol. The van der Waals surface area contributed by atoms with Crippen LogP contribution in [0.1, 0.15) is 32.3 Å². The first kappa shape index (κ1) is 12.8. The van der Waals surface area contributed by atoms with E-state index in [1.165, 1.54) is 16.1 Å². The van der Waals surface area contributed by atoms with Gasteiger partial charge < -0.3 is 10.0 Å². The third-order valence-electron chi connectivity index (χ3n) is 3.64. The van der Waals surface area contributed by atoms with E-state index in [-0.39, 0.29) is 11.9 Å². The Morgan fingerprint density at radius 2 is 2.12 bits per heavy atom. The maximum Gasteiger partial charge on any atom is 0.0573 e. The summed E-state index contributed by atoms with van der Waals surface area (Å²) in [7, 11) is 2.11. The number of benzene rings is 1. The van der Waals surface area contributed by atoms with Crippen LogP contribution in [0, 0.1) is 0 Å². The Kier molecular flexibility index (Phi) is 3.69. The molecule has 0 saturated heterocycles. The summed E-state index contributed by atoms with van der Waals surface area (Å²) in [5, 5.41) is 9.71. The fourth-order valence-corrected chi connectivity index (χ4v) is 3.51. The van der Waals surface area contributed by atoms with Crippen LogP contribution in [-0.4, -0.2) is 30.1 Å². The maximum atomic E-state index is 9.44. The molecule has 0 spiro atoms. The fraction of sp³-hybridized carbons (Fsp3) is 0.571. The Hall–Kier alpha value is -0.670. The molecule has 2 atom stereocenters. The van der Waals surface area contributed by atoms with Crippen LogP contribution < -0.4 is 4.90 Å². The van der Waals surface area contributed by atoms with Crippen LogP contribution in [0.25, 0.3) is 0 Å². The van der Waals surface area contributed by atoms with Gasteiger partial charge in [-0.05, 0) is 30.5 Å². The zero-order valence-electron chi connectivity index (χ0n) is 11.0. The molecule has 0 bridgehead atoms. The third kappa shape index (κ3) is 2.31. The van der Waals surface area contributed by atoms with Gasteiger partial charge >= 0.3 is 0 Å². The van der Waals surface area contributed by atoms with Crippen LogP contribution in [0.5, 0.6) is 0 Å². The van der Waals surface area contributed by atoms with E-state index in [0.717, 1.165) is 0 Å². The van der Waals surface area contributed by atoms with Crippen molar-refractivity contribution in [2.75, 3.05) is 18.6 Å². The van der Waals surface area contributed by atoms with Crippen molar-refractivity contribution in [1.82, 2.24) is 0 Å². The van der Waals surface area contributed by atoms with Crippen molar-refractivity contribution in [2.24, 2.45) is 0 Å². The summed E-state index contributed by atoms with van der Waals surface area (Å²) in [5.74, 6) is 0.554. The van der Waals surface area contributed by atoms with Crippen molar-refractivity contribution in [2.45, 2.75) is 42.9 Å². The van der Waals surface area contributed by atoms with E-state index in [1.54, 1.807) is 0 Å². The lowest BCUT2D eigenvalue weighted by Crippen LogP contribution is -2.42. The first-order chi connectivity index (χ1) is 8.04. The van der Waals surface area contributed by atoms with E-state index in [0.29, 0.717) is 12.0 Å². The summed E-state index contributed by atoms with van der Waals surface area (Å²) >= 11 is 1.81. The molecule has 1 aliphatic heterocycles. The first-order valence-electron chi connectivity index (χ1n) is 6.19. The summed E-state index contributed by atoms with van der Waals surface area (Å²) in [6.07, 6.45) is 0. The van der Waals surface area contributed by atoms with Gasteiger partial charge in [-0.25, -0.2) is 0 Å². The molecule has 0 fully saturated rings. The lowest BCUT2D eigenvalue weighted by Gasteiger charge is -2.38. The quantitative estimate of drug-likeness (QED) is 0.873. The lowest BCUT2D eigenvalue weighted by atomic mass is 10.0. The van der Waals surface area contributed by atoms with Crippen LogP contribution in [0.2, 0.25) is 0 Å². The Morgan fingerprint density at radius 1 is 1.41 bits per heavy atom. The zero-order valence-corrected chi connectivity index (χ0v) is 11.8. The molecule has 3 heteroatoms. The highest BCUT2D eigenvalue weighted by Gasteiger charge is 2.29. The maximum absolute atomic E-state index is 9.44. The second-order valence-corrected chi connectivity index (χ2v) is 6.35. The minimum absolute atomic E-state index is 0.238. The molecule has 1 aliphatic rings.